The molecule has 170 valence electrons. The highest BCUT2D eigenvalue weighted by molar-refractivity contribution is 5.64. The summed E-state index contributed by atoms with van der Waals surface area (Å²) in [5, 5.41) is 3.50. The van der Waals surface area contributed by atoms with Crippen LogP contribution in [-0.2, 0) is 4.74 Å². The third-order valence-electron chi connectivity index (χ3n) is 7.03. The van der Waals surface area contributed by atoms with Crippen molar-refractivity contribution in [3.63, 3.8) is 0 Å². The van der Waals surface area contributed by atoms with E-state index in [4.69, 9.17) is 4.74 Å². The highest BCUT2D eigenvalue weighted by atomic mass is 16.5. The average Bonchev–Trinajstić information content (AvgIpc) is 2.75. The second-order valence-electron chi connectivity index (χ2n) is 10.1. The molecule has 0 aromatic heterocycles. The number of morpholine rings is 1. The lowest BCUT2D eigenvalue weighted by molar-refractivity contribution is -0.00522. The lowest BCUT2D eigenvalue weighted by Gasteiger charge is -2.40. The van der Waals surface area contributed by atoms with Gasteiger partial charge in [-0.25, -0.2) is 0 Å². The van der Waals surface area contributed by atoms with Crippen LogP contribution in [0.15, 0.2) is 18.2 Å². The van der Waals surface area contributed by atoms with Crippen molar-refractivity contribution in [3.8, 4) is 0 Å². The van der Waals surface area contributed by atoms with E-state index in [9.17, 15) is 0 Å². The SMILES string of the molecule is CC.CC1CN(c2ccc(N3CCNCC3)c(C3CCC(C)(C)CC3)c2)CC(C)O1. The molecular weight excluding hydrogens is 370 g/mol. The number of anilines is 2. The van der Waals surface area contributed by atoms with Crippen molar-refractivity contribution in [1.82, 2.24) is 5.32 Å². The van der Waals surface area contributed by atoms with Gasteiger partial charge in [-0.3, -0.25) is 0 Å². The van der Waals surface area contributed by atoms with Crippen molar-refractivity contribution < 1.29 is 4.74 Å². The minimum Gasteiger partial charge on any atom is -0.372 e. The molecule has 1 aromatic carbocycles. The van der Waals surface area contributed by atoms with Crippen LogP contribution in [0, 0.1) is 5.41 Å². The van der Waals surface area contributed by atoms with Gasteiger partial charge in [-0.05, 0) is 74.6 Å². The molecule has 0 radical (unpaired) electrons. The monoisotopic (exact) mass is 415 g/mol. The fourth-order valence-electron chi connectivity index (χ4n) is 5.36. The van der Waals surface area contributed by atoms with Gasteiger partial charge in [-0.1, -0.05) is 27.7 Å². The van der Waals surface area contributed by atoms with Crippen molar-refractivity contribution in [1.29, 1.82) is 0 Å². The number of hydrogen-bond donors (Lipinski definition) is 1. The summed E-state index contributed by atoms with van der Waals surface area (Å²) in [4.78, 5) is 5.15. The molecular formula is C26H45N3O. The van der Waals surface area contributed by atoms with Gasteiger partial charge in [-0.15, -0.1) is 0 Å². The molecule has 0 bridgehead atoms. The zero-order valence-corrected chi connectivity index (χ0v) is 20.3. The molecule has 0 spiro atoms. The zero-order chi connectivity index (χ0) is 21.7. The Balaban J connectivity index is 0.00000124. The van der Waals surface area contributed by atoms with Crippen LogP contribution in [0.5, 0.6) is 0 Å². The molecule has 3 fully saturated rings. The van der Waals surface area contributed by atoms with Gasteiger partial charge in [0.05, 0.1) is 12.2 Å². The third kappa shape index (κ3) is 5.70. The van der Waals surface area contributed by atoms with Crippen LogP contribution >= 0.6 is 0 Å². The standard InChI is InChI=1S/C24H39N3O.C2H6/c1-18-16-27(17-19(2)28-18)21-5-6-23(26-13-11-25-12-14-26)22(15-21)20-7-9-24(3,4)10-8-20;1-2/h5-6,15,18-20,25H,7-14,16-17H2,1-4H3;1-2H3. The molecule has 4 nitrogen and oxygen atoms in total. The van der Waals surface area contributed by atoms with Gasteiger partial charge in [0.2, 0.25) is 0 Å². The fourth-order valence-corrected chi connectivity index (χ4v) is 5.36. The number of hydrogen-bond acceptors (Lipinski definition) is 4. The summed E-state index contributed by atoms with van der Waals surface area (Å²) in [5.41, 5.74) is 4.99. The highest BCUT2D eigenvalue weighted by Crippen LogP contribution is 2.45. The van der Waals surface area contributed by atoms with Crippen LogP contribution in [0.3, 0.4) is 0 Å². The predicted molar refractivity (Wildman–Crippen MR) is 130 cm³/mol. The normalized spacial score (nSPS) is 27.4. The van der Waals surface area contributed by atoms with Crippen LogP contribution in [0.2, 0.25) is 0 Å². The first kappa shape index (κ1) is 23.4. The van der Waals surface area contributed by atoms with E-state index in [1.165, 1.54) is 37.1 Å². The molecule has 3 aliphatic rings. The van der Waals surface area contributed by atoms with Gasteiger partial charge in [0, 0.05) is 50.6 Å². The van der Waals surface area contributed by atoms with E-state index in [1.807, 2.05) is 13.8 Å². The summed E-state index contributed by atoms with van der Waals surface area (Å²) in [5.74, 6) is 0.703. The van der Waals surface area contributed by atoms with E-state index in [0.717, 1.165) is 39.3 Å². The Labute approximate surface area is 185 Å². The van der Waals surface area contributed by atoms with Crippen LogP contribution in [0.4, 0.5) is 11.4 Å². The average molecular weight is 416 g/mol. The quantitative estimate of drug-likeness (QED) is 0.713. The maximum absolute atomic E-state index is 5.97. The van der Waals surface area contributed by atoms with Crippen molar-refractivity contribution in [3.05, 3.63) is 23.8 Å². The first-order valence-electron chi connectivity index (χ1n) is 12.4. The second kappa shape index (κ2) is 10.4. The van der Waals surface area contributed by atoms with Crippen LogP contribution in [0.1, 0.15) is 78.7 Å². The minimum absolute atomic E-state index is 0.301. The van der Waals surface area contributed by atoms with E-state index < -0.39 is 0 Å². The molecule has 4 rings (SSSR count). The number of ether oxygens (including phenoxy) is 1. The summed E-state index contributed by atoms with van der Waals surface area (Å²) in [7, 11) is 0. The zero-order valence-electron chi connectivity index (χ0n) is 20.3. The number of benzene rings is 1. The molecule has 2 aliphatic heterocycles. The largest absolute Gasteiger partial charge is 0.372 e. The Morgan fingerprint density at radius 3 is 2.13 bits per heavy atom. The Hall–Kier alpha value is -1.26. The summed E-state index contributed by atoms with van der Waals surface area (Å²) in [6.45, 7) is 19.7. The Kier molecular flexibility index (Phi) is 8.09. The van der Waals surface area contributed by atoms with Gasteiger partial charge >= 0.3 is 0 Å². The molecule has 30 heavy (non-hydrogen) atoms. The van der Waals surface area contributed by atoms with Crippen molar-refractivity contribution >= 4 is 11.4 Å². The van der Waals surface area contributed by atoms with Crippen LogP contribution < -0.4 is 15.1 Å². The predicted octanol–water partition coefficient (Wildman–Crippen LogP) is 5.42. The molecule has 1 aliphatic carbocycles. The molecule has 2 saturated heterocycles. The Morgan fingerprint density at radius 1 is 0.933 bits per heavy atom. The maximum atomic E-state index is 5.97. The molecule has 2 atom stereocenters. The van der Waals surface area contributed by atoms with Crippen molar-refractivity contribution in [2.75, 3.05) is 49.1 Å². The minimum atomic E-state index is 0.301. The van der Waals surface area contributed by atoms with Gasteiger partial charge < -0.3 is 19.9 Å². The second-order valence-corrected chi connectivity index (χ2v) is 10.1. The number of nitrogens with zero attached hydrogens (tertiary/aromatic N) is 2. The Bertz CT molecular complexity index is 648. The van der Waals surface area contributed by atoms with Crippen LogP contribution in [0.25, 0.3) is 0 Å². The third-order valence-corrected chi connectivity index (χ3v) is 7.03. The lowest BCUT2D eigenvalue weighted by Crippen LogP contribution is -2.46. The highest BCUT2D eigenvalue weighted by Gasteiger charge is 2.31. The number of rotatable bonds is 3. The first-order valence-corrected chi connectivity index (χ1v) is 12.4. The van der Waals surface area contributed by atoms with E-state index in [1.54, 1.807) is 5.56 Å². The summed E-state index contributed by atoms with van der Waals surface area (Å²) in [6, 6.07) is 7.31. The lowest BCUT2D eigenvalue weighted by atomic mass is 9.71. The van der Waals surface area contributed by atoms with E-state index in [2.05, 4.69) is 61.0 Å². The number of nitrogens with one attached hydrogen (secondary N) is 1. The topological polar surface area (TPSA) is 27.7 Å². The van der Waals surface area contributed by atoms with Crippen molar-refractivity contribution in [2.45, 2.75) is 85.4 Å². The van der Waals surface area contributed by atoms with Gasteiger partial charge in [-0.2, -0.15) is 0 Å². The Morgan fingerprint density at radius 2 is 1.53 bits per heavy atom. The maximum Gasteiger partial charge on any atom is 0.0726 e. The van der Waals surface area contributed by atoms with Gasteiger partial charge in [0.25, 0.3) is 0 Å². The molecule has 2 unspecified atom stereocenters. The number of piperazine rings is 1. The summed E-state index contributed by atoms with van der Waals surface area (Å²) in [6.07, 6.45) is 5.94. The molecule has 1 aromatic rings. The first-order chi connectivity index (χ1) is 14.4. The molecule has 1 saturated carbocycles. The molecule has 0 amide bonds. The molecule has 1 N–H and O–H groups in total. The smallest absolute Gasteiger partial charge is 0.0726 e. The van der Waals surface area contributed by atoms with E-state index in [-0.39, 0.29) is 0 Å². The van der Waals surface area contributed by atoms with E-state index in [0.29, 0.717) is 23.5 Å². The molecule has 4 heteroatoms. The molecule has 2 heterocycles. The van der Waals surface area contributed by atoms with Crippen molar-refractivity contribution in [2.24, 2.45) is 5.41 Å². The summed E-state index contributed by atoms with van der Waals surface area (Å²) >= 11 is 0. The fraction of sp³-hybridized carbons (Fsp3) is 0.769. The van der Waals surface area contributed by atoms with E-state index >= 15 is 0 Å². The summed E-state index contributed by atoms with van der Waals surface area (Å²) < 4.78 is 5.97. The van der Waals surface area contributed by atoms with Gasteiger partial charge in [0.1, 0.15) is 0 Å². The van der Waals surface area contributed by atoms with Crippen LogP contribution in [-0.4, -0.2) is 51.5 Å². The van der Waals surface area contributed by atoms with Gasteiger partial charge in [0.15, 0.2) is 0 Å².